The highest BCUT2D eigenvalue weighted by atomic mass is 32.2. The molecule has 0 unspecified atom stereocenters. The predicted molar refractivity (Wildman–Crippen MR) is 122 cm³/mol. The lowest BCUT2D eigenvalue weighted by Crippen LogP contribution is -2.53. The van der Waals surface area contributed by atoms with E-state index in [1.165, 1.54) is 12.1 Å². The SMILES string of the molecule is O=C(CCNS(=O)(=O)c1ccc2c(c1)OCCCO2)N1CCN(C(=O)CN2CCOCC2)CC1. The maximum Gasteiger partial charge on any atom is 0.240 e. The number of nitrogens with zero attached hydrogens (tertiary/aromatic N) is 3. The van der Waals surface area contributed by atoms with Crippen LogP contribution in [0, 0.1) is 0 Å². The van der Waals surface area contributed by atoms with Gasteiger partial charge in [0.25, 0.3) is 0 Å². The van der Waals surface area contributed by atoms with Crippen molar-refractivity contribution < 1.29 is 32.2 Å². The van der Waals surface area contributed by atoms with E-state index < -0.39 is 10.0 Å². The van der Waals surface area contributed by atoms with Crippen LogP contribution in [0.15, 0.2) is 23.1 Å². The smallest absolute Gasteiger partial charge is 0.240 e. The number of morpholine rings is 1. The Bertz CT molecular complexity index is 973. The molecular weight excluding hydrogens is 464 g/mol. The summed E-state index contributed by atoms with van der Waals surface area (Å²) in [6.45, 7) is 6.02. The molecule has 3 aliphatic heterocycles. The molecule has 0 saturated carbocycles. The van der Waals surface area contributed by atoms with Crippen molar-refractivity contribution >= 4 is 21.8 Å². The van der Waals surface area contributed by atoms with Crippen LogP contribution in [0.5, 0.6) is 11.5 Å². The summed E-state index contributed by atoms with van der Waals surface area (Å²) in [5, 5.41) is 0. The Labute approximate surface area is 200 Å². The molecular formula is C22H32N4O7S. The molecule has 2 fully saturated rings. The molecule has 0 aromatic heterocycles. The number of benzene rings is 1. The largest absolute Gasteiger partial charge is 0.490 e. The van der Waals surface area contributed by atoms with Crippen LogP contribution in [0.2, 0.25) is 0 Å². The van der Waals surface area contributed by atoms with Crippen molar-refractivity contribution in [3.8, 4) is 11.5 Å². The topological polar surface area (TPSA) is 118 Å². The number of fused-ring (bicyclic) bond motifs is 1. The Morgan fingerprint density at radius 1 is 0.853 bits per heavy atom. The van der Waals surface area contributed by atoms with E-state index in [9.17, 15) is 18.0 Å². The van der Waals surface area contributed by atoms with Gasteiger partial charge in [-0.1, -0.05) is 0 Å². The molecule has 34 heavy (non-hydrogen) atoms. The van der Waals surface area contributed by atoms with E-state index in [4.69, 9.17) is 14.2 Å². The summed E-state index contributed by atoms with van der Waals surface area (Å²) in [5.74, 6) is 0.852. The van der Waals surface area contributed by atoms with Crippen LogP contribution < -0.4 is 14.2 Å². The second-order valence-electron chi connectivity index (χ2n) is 8.46. The first kappa shape index (κ1) is 24.7. The fourth-order valence-corrected chi connectivity index (χ4v) is 5.15. The summed E-state index contributed by atoms with van der Waals surface area (Å²) in [6.07, 6.45) is 0.777. The standard InChI is InChI=1S/C22H32N4O7S/c27-21(25-6-8-26(9-7-25)22(28)17-24-10-14-31-15-11-24)4-5-23-34(29,30)18-2-3-19-20(16-18)33-13-1-12-32-19/h2-3,16,23H,1,4-15,17H2. The Kier molecular flexibility index (Phi) is 8.24. The van der Waals surface area contributed by atoms with Crippen LogP contribution in [-0.2, 0) is 24.3 Å². The zero-order valence-electron chi connectivity index (χ0n) is 19.2. The molecule has 0 bridgehead atoms. The van der Waals surface area contributed by atoms with Crippen molar-refractivity contribution in [2.75, 3.05) is 78.8 Å². The highest BCUT2D eigenvalue weighted by Gasteiger charge is 2.26. The second-order valence-corrected chi connectivity index (χ2v) is 10.2. The van der Waals surface area contributed by atoms with Crippen LogP contribution in [0.25, 0.3) is 0 Å². The first-order valence-corrected chi connectivity index (χ1v) is 13.2. The molecule has 11 nitrogen and oxygen atoms in total. The highest BCUT2D eigenvalue weighted by Crippen LogP contribution is 2.31. The van der Waals surface area contributed by atoms with Gasteiger partial charge in [-0.05, 0) is 12.1 Å². The number of amides is 2. The van der Waals surface area contributed by atoms with Crippen molar-refractivity contribution in [3.05, 3.63) is 18.2 Å². The molecule has 3 aliphatic rings. The molecule has 188 valence electrons. The van der Waals surface area contributed by atoms with Crippen LogP contribution >= 0.6 is 0 Å². The number of piperazine rings is 1. The van der Waals surface area contributed by atoms with Gasteiger partial charge in [-0.25, -0.2) is 13.1 Å². The summed E-state index contributed by atoms with van der Waals surface area (Å²) < 4.78 is 44.2. The lowest BCUT2D eigenvalue weighted by atomic mass is 10.2. The third-order valence-electron chi connectivity index (χ3n) is 6.11. The number of hydrogen-bond acceptors (Lipinski definition) is 8. The highest BCUT2D eigenvalue weighted by molar-refractivity contribution is 7.89. The van der Waals surface area contributed by atoms with E-state index in [0.29, 0.717) is 70.7 Å². The van der Waals surface area contributed by atoms with Crippen LogP contribution in [0.4, 0.5) is 0 Å². The van der Waals surface area contributed by atoms with Gasteiger partial charge in [-0.3, -0.25) is 14.5 Å². The summed E-state index contributed by atoms with van der Waals surface area (Å²) in [6, 6.07) is 4.49. The van der Waals surface area contributed by atoms with Crippen molar-refractivity contribution in [1.82, 2.24) is 19.4 Å². The maximum atomic E-state index is 12.7. The first-order chi connectivity index (χ1) is 16.4. The molecule has 12 heteroatoms. The summed E-state index contributed by atoms with van der Waals surface area (Å²) in [5.41, 5.74) is 0. The van der Waals surface area contributed by atoms with Gasteiger partial charge in [0.15, 0.2) is 11.5 Å². The minimum Gasteiger partial charge on any atom is -0.490 e. The molecule has 2 saturated heterocycles. The average Bonchev–Trinajstić information content (AvgIpc) is 3.09. The van der Waals surface area contributed by atoms with Crippen molar-refractivity contribution in [1.29, 1.82) is 0 Å². The molecule has 0 aliphatic carbocycles. The van der Waals surface area contributed by atoms with Crippen molar-refractivity contribution in [3.63, 3.8) is 0 Å². The Balaban J connectivity index is 1.20. The number of hydrogen-bond donors (Lipinski definition) is 1. The average molecular weight is 497 g/mol. The van der Waals surface area contributed by atoms with Gasteiger partial charge < -0.3 is 24.0 Å². The third-order valence-corrected chi connectivity index (χ3v) is 7.57. The van der Waals surface area contributed by atoms with E-state index in [1.807, 2.05) is 0 Å². The van der Waals surface area contributed by atoms with E-state index in [1.54, 1.807) is 15.9 Å². The fourth-order valence-electron chi connectivity index (χ4n) is 4.10. The van der Waals surface area contributed by atoms with E-state index in [-0.39, 0.29) is 29.7 Å². The lowest BCUT2D eigenvalue weighted by Gasteiger charge is -2.36. The van der Waals surface area contributed by atoms with Crippen molar-refractivity contribution in [2.45, 2.75) is 17.7 Å². The van der Waals surface area contributed by atoms with Gasteiger partial charge >= 0.3 is 0 Å². The predicted octanol–water partition coefficient (Wildman–Crippen LogP) is -0.481. The second kappa shape index (κ2) is 11.3. The van der Waals surface area contributed by atoms with E-state index in [2.05, 4.69) is 9.62 Å². The maximum absolute atomic E-state index is 12.7. The number of rotatable bonds is 7. The monoisotopic (exact) mass is 496 g/mol. The van der Waals surface area contributed by atoms with Gasteiger partial charge in [0.05, 0.1) is 37.9 Å². The number of carbonyl (C=O) groups excluding carboxylic acids is 2. The summed E-state index contributed by atoms with van der Waals surface area (Å²) >= 11 is 0. The van der Waals surface area contributed by atoms with Gasteiger partial charge in [0.1, 0.15) is 0 Å². The first-order valence-electron chi connectivity index (χ1n) is 11.7. The molecule has 1 N–H and O–H groups in total. The zero-order valence-corrected chi connectivity index (χ0v) is 20.1. The van der Waals surface area contributed by atoms with E-state index >= 15 is 0 Å². The normalized spacial score (nSPS) is 19.5. The lowest BCUT2D eigenvalue weighted by molar-refractivity contribution is -0.140. The summed E-state index contributed by atoms with van der Waals surface area (Å²) in [4.78, 5) is 30.7. The molecule has 1 aromatic carbocycles. The number of ether oxygens (including phenoxy) is 3. The minimum atomic E-state index is -3.79. The zero-order chi connectivity index (χ0) is 24.0. The Morgan fingerprint density at radius 3 is 2.21 bits per heavy atom. The molecule has 3 heterocycles. The van der Waals surface area contributed by atoms with Gasteiger partial charge in [-0.2, -0.15) is 0 Å². The summed E-state index contributed by atoms with van der Waals surface area (Å²) in [7, 11) is -3.79. The van der Waals surface area contributed by atoms with Crippen LogP contribution in [0.1, 0.15) is 12.8 Å². The Morgan fingerprint density at radius 2 is 1.50 bits per heavy atom. The molecule has 0 spiro atoms. The fraction of sp³-hybridized carbons (Fsp3) is 0.636. The molecule has 4 rings (SSSR count). The number of sulfonamides is 1. The molecule has 0 atom stereocenters. The van der Waals surface area contributed by atoms with Crippen LogP contribution in [-0.4, -0.2) is 114 Å². The van der Waals surface area contributed by atoms with Crippen molar-refractivity contribution in [2.24, 2.45) is 0 Å². The number of nitrogens with one attached hydrogen (secondary N) is 1. The van der Waals surface area contributed by atoms with Gasteiger partial charge in [0.2, 0.25) is 21.8 Å². The van der Waals surface area contributed by atoms with Gasteiger partial charge in [0, 0.05) is 64.7 Å². The van der Waals surface area contributed by atoms with Gasteiger partial charge in [-0.15, -0.1) is 0 Å². The molecule has 0 radical (unpaired) electrons. The third kappa shape index (κ3) is 6.38. The molecule has 1 aromatic rings. The van der Waals surface area contributed by atoms with E-state index in [0.717, 1.165) is 19.5 Å². The molecule has 2 amide bonds. The number of carbonyl (C=O) groups is 2. The Hall–Kier alpha value is -2.41. The van der Waals surface area contributed by atoms with Crippen LogP contribution in [0.3, 0.4) is 0 Å². The quantitative estimate of drug-likeness (QED) is 0.538. The minimum absolute atomic E-state index is 0.00815.